The lowest BCUT2D eigenvalue weighted by molar-refractivity contribution is 0.233. The summed E-state index contributed by atoms with van der Waals surface area (Å²) in [5, 5.41) is 9.08. The SMILES string of the molecule is CC(CO)CN1CCOc2cc(N)ccc21. The lowest BCUT2D eigenvalue weighted by atomic mass is 10.1. The van der Waals surface area contributed by atoms with Crippen molar-refractivity contribution in [1.82, 2.24) is 0 Å². The molecule has 0 spiro atoms. The minimum Gasteiger partial charge on any atom is -0.489 e. The van der Waals surface area contributed by atoms with Crippen molar-refractivity contribution in [2.75, 3.05) is 36.9 Å². The smallest absolute Gasteiger partial charge is 0.144 e. The van der Waals surface area contributed by atoms with Gasteiger partial charge in [-0.3, -0.25) is 0 Å². The zero-order valence-electron chi connectivity index (χ0n) is 9.52. The lowest BCUT2D eigenvalue weighted by Gasteiger charge is -2.32. The van der Waals surface area contributed by atoms with Gasteiger partial charge in [-0.05, 0) is 18.1 Å². The standard InChI is InChI=1S/C12H18N2O2/c1-9(8-15)7-14-4-5-16-12-6-10(13)2-3-11(12)14/h2-3,6,9,15H,4-5,7-8,13H2,1H3. The van der Waals surface area contributed by atoms with Crippen molar-refractivity contribution in [2.24, 2.45) is 5.92 Å². The molecular formula is C12H18N2O2. The van der Waals surface area contributed by atoms with E-state index in [4.69, 9.17) is 15.6 Å². The molecule has 1 atom stereocenters. The molecule has 0 radical (unpaired) electrons. The first-order chi connectivity index (χ1) is 7.70. The Morgan fingerprint density at radius 3 is 3.12 bits per heavy atom. The average Bonchev–Trinajstić information content (AvgIpc) is 2.28. The Morgan fingerprint density at radius 1 is 1.56 bits per heavy atom. The molecule has 0 saturated carbocycles. The van der Waals surface area contributed by atoms with Crippen LogP contribution in [-0.4, -0.2) is 31.4 Å². The van der Waals surface area contributed by atoms with E-state index in [1.165, 1.54) is 0 Å². The maximum atomic E-state index is 9.08. The first-order valence-electron chi connectivity index (χ1n) is 5.59. The third kappa shape index (κ3) is 2.22. The highest BCUT2D eigenvalue weighted by atomic mass is 16.5. The fourth-order valence-corrected chi connectivity index (χ4v) is 1.92. The number of nitrogens with zero attached hydrogens (tertiary/aromatic N) is 1. The summed E-state index contributed by atoms with van der Waals surface area (Å²) in [6.07, 6.45) is 0. The zero-order valence-corrected chi connectivity index (χ0v) is 9.52. The molecule has 0 saturated heterocycles. The van der Waals surface area contributed by atoms with Crippen LogP contribution in [0.5, 0.6) is 5.75 Å². The van der Waals surface area contributed by atoms with E-state index in [0.29, 0.717) is 6.61 Å². The summed E-state index contributed by atoms with van der Waals surface area (Å²) < 4.78 is 5.57. The van der Waals surface area contributed by atoms with Gasteiger partial charge in [0.2, 0.25) is 0 Å². The van der Waals surface area contributed by atoms with E-state index >= 15 is 0 Å². The average molecular weight is 222 g/mol. The molecule has 2 rings (SSSR count). The first kappa shape index (κ1) is 11.1. The Morgan fingerprint density at radius 2 is 2.38 bits per heavy atom. The van der Waals surface area contributed by atoms with Gasteiger partial charge in [0.1, 0.15) is 12.4 Å². The Hall–Kier alpha value is -1.42. The molecule has 3 N–H and O–H groups in total. The fraction of sp³-hybridized carbons (Fsp3) is 0.500. The summed E-state index contributed by atoms with van der Waals surface area (Å²) >= 11 is 0. The van der Waals surface area contributed by atoms with Gasteiger partial charge < -0.3 is 20.5 Å². The number of nitrogen functional groups attached to an aromatic ring is 1. The third-order valence-corrected chi connectivity index (χ3v) is 2.79. The summed E-state index contributed by atoms with van der Waals surface area (Å²) in [5.74, 6) is 1.11. The van der Waals surface area contributed by atoms with E-state index in [-0.39, 0.29) is 12.5 Å². The highest BCUT2D eigenvalue weighted by Crippen LogP contribution is 2.33. The summed E-state index contributed by atoms with van der Waals surface area (Å²) in [6.45, 7) is 4.63. The van der Waals surface area contributed by atoms with E-state index in [0.717, 1.165) is 30.2 Å². The second-order valence-electron chi connectivity index (χ2n) is 4.31. The molecule has 16 heavy (non-hydrogen) atoms. The maximum absolute atomic E-state index is 9.08. The highest BCUT2D eigenvalue weighted by Gasteiger charge is 2.19. The number of rotatable bonds is 3. The number of ether oxygens (including phenoxy) is 1. The molecule has 0 bridgehead atoms. The van der Waals surface area contributed by atoms with Crippen LogP contribution in [0.15, 0.2) is 18.2 Å². The van der Waals surface area contributed by atoms with Gasteiger partial charge in [0.15, 0.2) is 0 Å². The zero-order chi connectivity index (χ0) is 11.5. The number of anilines is 2. The van der Waals surface area contributed by atoms with Crippen molar-refractivity contribution < 1.29 is 9.84 Å². The van der Waals surface area contributed by atoms with Crippen molar-refractivity contribution in [3.8, 4) is 5.75 Å². The molecule has 1 aliphatic rings. The molecule has 88 valence electrons. The molecule has 0 amide bonds. The Balaban J connectivity index is 2.19. The largest absolute Gasteiger partial charge is 0.489 e. The predicted molar refractivity (Wildman–Crippen MR) is 64.8 cm³/mol. The van der Waals surface area contributed by atoms with Gasteiger partial charge in [-0.25, -0.2) is 0 Å². The summed E-state index contributed by atoms with van der Waals surface area (Å²) in [7, 11) is 0. The van der Waals surface area contributed by atoms with Gasteiger partial charge in [-0.1, -0.05) is 6.92 Å². The molecule has 1 unspecified atom stereocenters. The molecule has 1 aromatic rings. The van der Waals surface area contributed by atoms with Crippen molar-refractivity contribution in [1.29, 1.82) is 0 Å². The van der Waals surface area contributed by atoms with Crippen LogP contribution in [0.1, 0.15) is 6.92 Å². The molecule has 1 aliphatic heterocycles. The van der Waals surface area contributed by atoms with E-state index in [1.54, 1.807) is 0 Å². The minimum atomic E-state index is 0.210. The third-order valence-electron chi connectivity index (χ3n) is 2.79. The van der Waals surface area contributed by atoms with Crippen LogP contribution in [0.2, 0.25) is 0 Å². The number of aliphatic hydroxyl groups excluding tert-OH is 1. The molecule has 1 heterocycles. The van der Waals surface area contributed by atoms with Crippen molar-refractivity contribution in [3.05, 3.63) is 18.2 Å². The molecule has 4 heteroatoms. The van der Waals surface area contributed by atoms with Gasteiger partial charge in [-0.2, -0.15) is 0 Å². The summed E-state index contributed by atoms with van der Waals surface area (Å²) in [5.41, 5.74) is 7.50. The molecule has 1 aromatic carbocycles. The normalized spacial score (nSPS) is 16.5. The van der Waals surface area contributed by atoms with Gasteiger partial charge in [0.05, 0.1) is 12.2 Å². The predicted octanol–water partition coefficient (Wildman–Crippen LogP) is 1.10. The number of nitrogens with two attached hydrogens (primary N) is 1. The van der Waals surface area contributed by atoms with Gasteiger partial charge in [0, 0.05) is 24.9 Å². The topological polar surface area (TPSA) is 58.7 Å². The van der Waals surface area contributed by atoms with Crippen LogP contribution in [0, 0.1) is 5.92 Å². The van der Waals surface area contributed by atoms with Gasteiger partial charge >= 0.3 is 0 Å². The molecule has 0 aromatic heterocycles. The van der Waals surface area contributed by atoms with Crippen LogP contribution < -0.4 is 15.4 Å². The number of hydrogen-bond acceptors (Lipinski definition) is 4. The quantitative estimate of drug-likeness (QED) is 0.752. The monoisotopic (exact) mass is 222 g/mol. The first-order valence-corrected chi connectivity index (χ1v) is 5.59. The Labute approximate surface area is 95.6 Å². The summed E-state index contributed by atoms with van der Waals surface area (Å²) in [4.78, 5) is 2.24. The van der Waals surface area contributed by atoms with E-state index in [2.05, 4.69) is 4.90 Å². The molecule has 0 aliphatic carbocycles. The number of fused-ring (bicyclic) bond motifs is 1. The van der Waals surface area contributed by atoms with Crippen LogP contribution in [0.4, 0.5) is 11.4 Å². The molecular weight excluding hydrogens is 204 g/mol. The van der Waals surface area contributed by atoms with Gasteiger partial charge in [-0.15, -0.1) is 0 Å². The highest BCUT2D eigenvalue weighted by molar-refractivity contribution is 5.65. The fourth-order valence-electron chi connectivity index (χ4n) is 1.92. The number of aliphatic hydroxyl groups is 1. The van der Waals surface area contributed by atoms with Crippen LogP contribution >= 0.6 is 0 Å². The van der Waals surface area contributed by atoms with Crippen molar-refractivity contribution in [2.45, 2.75) is 6.92 Å². The van der Waals surface area contributed by atoms with Crippen molar-refractivity contribution >= 4 is 11.4 Å². The Kier molecular flexibility index (Phi) is 3.19. The Bertz CT molecular complexity index is 368. The van der Waals surface area contributed by atoms with E-state index in [1.807, 2.05) is 25.1 Å². The second-order valence-corrected chi connectivity index (χ2v) is 4.31. The van der Waals surface area contributed by atoms with Gasteiger partial charge in [0.25, 0.3) is 0 Å². The number of benzene rings is 1. The number of hydrogen-bond donors (Lipinski definition) is 2. The van der Waals surface area contributed by atoms with Crippen LogP contribution in [0.25, 0.3) is 0 Å². The minimum absolute atomic E-state index is 0.210. The summed E-state index contributed by atoms with van der Waals surface area (Å²) in [6, 6.07) is 5.71. The lowest BCUT2D eigenvalue weighted by Crippen LogP contribution is -2.36. The molecule has 0 fully saturated rings. The molecule has 4 nitrogen and oxygen atoms in total. The maximum Gasteiger partial charge on any atom is 0.144 e. The van der Waals surface area contributed by atoms with Crippen LogP contribution in [0.3, 0.4) is 0 Å². The van der Waals surface area contributed by atoms with Crippen molar-refractivity contribution in [3.63, 3.8) is 0 Å². The van der Waals surface area contributed by atoms with E-state index < -0.39 is 0 Å². The second kappa shape index (κ2) is 4.61. The van der Waals surface area contributed by atoms with E-state index in [9.17, 15) is 0 Å². The van der Waals surface area contributed by atoms with Crippen LogP contribution in [-0.2, 0) is 0 Å².